The van der Waals surface area contributed by atoms with Crippen molar-refractivity contribution >= 4 is 28.6 Å². The second-order valence-electron chi connectivity index (χ2n) is 17.7. The lowest BCUT2D eigenvalue weighted by Crippen LogP contribution is -2.19. The van der Waals surface area contributed by atoms with E-state index in [2.05, 4.69) is 83.1 Å². The highest BCUT2D eigenvalue weighted by Crippen LogP contribution is 2.90. The van der Waals surface area contributed by atoms with Gasteiger partial charge in [-0.05, 0) is 104 Å². The highest BCUT2D eigenvalue weighted by Gasteiger charge is 2.65. The van der Waals surface area contributed by atoms with Crippen LogP contribution >= 0.6 is 28.6 Å². The van der Waals surface area contributed by atoms with E-state index in [9.17, 15) is 18.3 Å². The van der Waals surface area contributed by atoms with Gasteiger partial charge in [-0.1, -0.05) is 72.3 Å². The zero-order chi connectivity index (χ0) is 36.1. The Bertz CT molecular complexity index is 1910. The Morgan fingerprint density at radius 2 is 0.458 bits per heavy atom. The van der Waals surface area contributed by atoms with Crippen LogP contribution in [0.2, 0.25) is 0 Å². The van der Waals surface area contributed by atoms with E-state index in [4.69, 9.17) is 0 Å². The fourth-order valence-corrected chi connectivity index (χ4v) is 30.2. The minimum Gasteiger partial charge on any atom is -0.314 e. The van der Waals surface area contributed by atoms with Crippen molar-refractivity contribution in [3.8, 4) is 0 Å². The molecule has 0 N–H and O–H groups in total. The minimum absolute atomic E-state index is 0.0993. The highest BCUT2D eigenvalue weighted by molar-refractivity contribution is 7.79. The second kappa shape index (κ2) is 9.43. The lowest BCUT2D eigenvalue weighted by molar-refractivity contribution is 0.549. The molecule has 0 fully saturated rings. The van der Waals surface area contributed by atoms with E-state index in [1.807, 2.05) is 27.7 Å². The smallest absolute Gasteiger partial charge is 0.141 e. The lowest BCUT2D eigenvalue weighted by atomic mass is 9.76. The van der Waals surface area contributed by atoms with Crippen molar-refractivity contribution in [2.75, 3.05) is 24.6 Å². The molecule has 0 aromatic carbocycles. The predicted molar refractivity (Wildman–Crippen MR) is 207 cm³/mol. The molecular formula is C40H56O4P4. The van der Waals surface area contributed by atoms with Gasteiger partial charge in [0, 0.05) is 67.6 Å². The average molecular weight is 725 g/mol. The molecule has 8 heteroatoms. The van der Waals surface area contributed by atoms with Gasteiger partial charge in [0.05, 0.1) is 0 Å². The fraction of sp³-hybridized carbons (Fsp3) is 0.600. The van der Waals surface area contributed by atoms with Crippen molar-refractivity contribution in [2.45, 2.75) is 111 Å². The van der Waals surface area contributed by atoms with E-state index in [0.29, 0.717) is 24.6 Å². The standard InChI is InChI=1S/2C20H28O2P2/c2*1-11-15(5)23(21)9-19(11,7)13(3)17(23)18-14(4)20(8)10-24(18,22)16(6)12(20)2/h2*9-10H2,1-8H3/t2*19-,20-,23-,24-/m10/s1. The van der Waals surface area contributed by atoms with Crippen LogP contribution in [0.3, 0.4) is 0 Å². The molecule has 4 nitrogen and oxygen atoms in total. The van der Waals surface area contributed by atoms with Crippen LogP contribution in [0.1, 0.15) is 111 Å². The summed E-state index contributed by atoms with van der Waals surface area (Å²) in [5.41, 5.74) is 9.61. The van der Waals surface area contributed by atoms with Gasteiger partial charge < -0.3 is 18.3 Å². The minimum atomic E-state index is -2.58. The molecule has 8 bridgehead atoms. The topological polar surface area (TPSA) is 68.3 Å². The summed E-state index contributed by atoms with van der Waals surface area (Å²) in [4.78, 5) is 0. The first-order chi connectivity index (χ1) is 21.7. The van der Waals surface area contributed by atoms with Crippen molar-refractivity contribution in [2.24, 2.45) is 21.7 Å². The molecule has 0 aliphatic carbocycles. The van der Waals surface area contributed by atoms with Crippen LogP contribution in [0.25, 0.3) is 0 Å². The van der Waals surface area contributed by atoms with Crippen LogP contribution in [0.5, 0.6) is 0 Å². The summed E-state index contributed by atoms with van der Waals surface area (Å²) in [6.07, 6.45) is 2.87. The van der Waals surface area contributed by atoms with Crippen molar-refractivity contribution in [3.63, 3.8) is 0 Å². The van der Waals surface area contributed by atoms with Gasteiger partial charge in [-0.25, -0.2) is 0 Å². The molecule has 260 valence electrons. The van der Waals surface area contributed by atoms with Gasteiger partial charge in [0.25, 0.3) is 0 Å². The Balaban J connectivity index is 0.000000152. The maximum Gasteiger partial charge on any atom is 0.141 e. The quantitative estimate of drug-likeness (QED) is 0.266. The number of allylic oxidation sites excluding steroid dienone is 16. The van der Waals surface area contributed by atoms with Crippen LogP contribution in [-0.2, 0) is 18.3 Å². The highest BCUT2D eigenvalue weighted by atomic mass is 31.2. The second-order valence-corrected chi connectivity index (χ2v) is 29.3. The summed E-state index contributed by atoms with van der Waals surface area (Å²) >= 11 is 0. The molecule has 0 saturated carbocycles. The first-order valence-corrected chi connectivity index (χ1v) is 25.3. The predicted octanol–water partition coefficient (Wildman–Crippen LogP) is 13.8. The van der Waals surface area contributed by atoms with Gasteiger partial charge >= 0.3 is 0 Å². The van der Waals surface area contributed by atoms with Gasteiger partial charge in [0.2, 0.25) is 0 Å². The molecule has 48 heavy (non-hydrogen) atoms. The third-order valence-electron chi connectivity index (χ3n) is 16.4. The van der Waals surface area contributed by atoms with E-state index in [1.165, 1.54) is 44.6 Å². The molecule has 8 rings (SSSR count). The number of hydrogen-bond acceptors (Lipinski definition) is 4. The monoisotopic (exact) mass is 724 g/mol. The van der Waals surface area contributed by atoms with Crippen LogP contribution in [0, 0.1) is 21.7 Å². The SMILES string of the molecule is CC1=C(C)[P@@]2(=O)C[C@]1(C)C(C)=C2C1=C(C)[C@@]2(C)C[P@]1(=O)C(C)=C2C.CC1=C(C)[P@]2(=O)C[C@@]1(C)C(C)=C2C1=C(C)[C@]2(C)C[P@@]1(=O)C(C)=C2C. The van der Waals surface area contributed by atoms with Crippen molar-refractivity contribution in [3.05, 3.63) is 87.1 Å². The maximum absolute atomic E-state index is 14.1. The summed E-state index contributed by atoms with van der Waals surface area (Å²) in [6, 6.07) is 0. The van der Waals surface area contributed by atoms with Crippen LogP contribution < -0.4 is 0 Å². The summed E-state index contributed by atoms with van der Waals surface area (Å²) in [6.45, 7) is 34.2. The van der Waals surface area contributed by atoms with Crippen LogP contribution in [0.15, 0.2) is 87.1 Å². The Hall–Kier alpha value is -1.16. The fourth-order valence-electron chi connectivity index (χ4n) is 11.5. The Morgan fingerprint density at radius 3 is 0.583 bits per heavy atom. The Labute approximate surface area is 290 Å². The van der Waals surface area contributed by atoms with Gasteiger partial charge in [-0.2, -0.15) is 0 Å². The molecule has 0 spiro atoms. The van der Waals surface area contributed by atoms with Crippen molar-refractivity contribution in [1.29, 1.82) is 0 Å². The average Bonchev–Trinajstić information content (AvgIpc) is 3.72. The normalized spacial score (nSPS) is 47.2. The summed E-state index contributed by atoms with van der Waals surface area (Å²) in [5.74, 6) is 0. The number of hydrogen-bond donors (Lipinski definition) is 0. The molecule has 0 radical (unpaired) electrons. The molecule has 8 atom stereocenters. The van der Waals surface area contributed by atoms with E-state index >= 15 is 0 Å². The molecule has 8 aliphatic heterocycles. The molecule has 0 saturated heterocycles. The van der Waals surface area contributed by atoms with Crippen molar-refractivity contribution < 1.29 is 18.3 Å². The van der Waals surface area contributed by atoms with Gasteiger partial charge in [-0.15, -0.1) is 0 Å². The molecule has 0 amide bonds. The Morgan fingerprint density at radius 1 is 0.312 bits per heavy atom. The largest absolute Gasteiger partial charge is 0.314 e. The maximum atomic E-state index is 14.1. The van der Waals surface area contributed by atoms with Crippen molar-refractivity contribution in [1.82, 2.24) is 0 Å². The molecule has 8 aliphatic rings. The summed E-state index contributed by atoms with van der Waals surface area (Å²) in [7, 11) is -10.3. The number of fused-ring (bicyclic) bond motifs is 8. The van der Waals surface area contributed by atoms with Crippen LogP contribution in [-0.4, -0.2) is 24.6 Å². The molecule has 8 heterocycles. The van der Waals surface area contributed by atoms with E-state index in [0.717, 1.165) is 42.5 Å². The first-order valence-electron chi connectivity index (χ1n) is 17.7. The lowest BCUT2D eigenvalue weighted by Gasteiger charge is -2.32. The zero-order valence-electron chi connectivity index (χ0n) is 32.3. The zero-order valence-corrected chi connectivity index (χ0v) is 35.8. The third-order valence-corrected chi connectivity index (χ3v) is 31.9. The summed E-state index contributed by atoms with van der Waals surface area (Å²) in [5, 5.41) is 8.31. The van der Waals surface area contributed by atoms with E-state index in [1.54, 1.807) is 0 Å². The first kappa shape index (κ1) is 35.3. The Kier molecular flexibility index (Phi) is 6.93. The molecule has 0 unspecified atom stereocenters. The summed E-state index contributed by atoms with van der Waals surface area (Å²) < 4.78 is 56.3. The molecule has 0 aromatic heterocycles. The van der Waals surface area contributed by atoms with E-state index < -0.39 is 28.6 Å². The van der Waals surface area contributed by atoms with Gasteiger partial charge in [-0.3, -0.25) is 0 Å². The van der Waals surface area contributed by atoms with Gasteiger partial charge in [0.15, 0.2) is 0 Å². The third kappa shape index (κ3) is 3.42. The van der Waals surface area contributed by atoms with Crippen LogP contribution in [0.4, 0.5) is 0 Å². The van der Waals surface area contributed by atoms with Gasteiger partial charge in [0.1, 0.15) is 28.6 Å². The number of rotatable bonds is 2. The molecular weight excluding hydrogens is 668 g/mol. The molecule has 0 aromatic rings. The van der Waals surface area contributed by atoms with E-state index in [-0.39, 0.29) is 21.7 Å².